The number of nitrogens with one attached hydrogen (secondary N) is 2. The first-order chi connectivity index (χ1) is 11.5. The van der Waals surface area contributed by atoms with Gasteiger partial charge in [-0.3, -0.25) is 9.89 Å². The molecular weight excluding hydrogens is 300 g/mol. The Balaban J connectivity index is 1.70. The van der Waals surface area contributed by atoms with Gasteiger partial charge in [0.25, 0.3) is 0 Å². The topological polar surface area (TPSA) is 48.9 Å². The average molecular weight is 332 g/mol. The number of likely N-dealkylation sites (N-methyl/N-ethyl adjacent to an activating group) is 1. The van der Waals surface area contributed by atoms with Crippen molar-refractivity contribution in [2.24, 2.45) is 4.99 Å². The summed E-state index contributed by atoms with van der Waals surface area (Å²) in [6.45, 7) is 7.98. The molecule has 1 saturated carbocycles. The van der Waals surface area contributed by atoms with Gasteiger partial charge in [-0.25, -0.2) is 0 Å². The van der Waals surface area contributed by atoms with E-state index in [1.165, 1.54) is 18.4 Å². The van der Waals surface area contributed by atoms with Gasteiger partial charge in [-0.1, -0.05) is 12.1 Å². The van der Waals surface area contributed by atoms with Gasteiger partial charge in [-0.2, -0.15) is 0 Å². The van der Waals surface area contributed by atoms with Crippen molar-refractivity contribution in [2.45, 2.75) is 51.8 Å². The fourth-order valence-electron chi connectivity index (χ4n) is 2.65. The Hall–Kier alpha value is -1.75. The van der Waals surface area contributed by atoms with Crippen molar-refractivity contribution in [3.8, 4) is 5.75 Å². The SMILES string of the molecule is CN=C(NCC(C)Oc1cccc(C)c1)NCC(C)N(C)C1CC1. The van der Waals surface area contributed by atoms with Crippen LogP contribution in [-0.4, -0.2) is 56.2 Å². The smallest absolute Gasteiger partial charge is 0.191 e. The lowest BCUT2D eigenvalue weighted by Crippen LogP contribution is -2.47. The minimum absolute atomic E-state index is 0.0666. The lowest BCUT2D eigenvalue weighted by molar-refractivity contribution is 0.223. The maximum Gasteiger partial charge on any atom is 0.191 e. The predicted molar refractivity (Wildman–Crippen MR) is 101 cm³/mol. The van der Waals surface area contributed by atoms with Crippen LogP contribution in [0.2, 0.25) is 0 Å². The Kier molecular flexibility index (Phi) is 6.91. The van der Waals surface area contributed by atoms with Crippen molar-refractivity contribution in [3.05, 3.63) is 29.8 Å². The monoisotopic (exact) mass is 332 g/mol. The highest BCUT2D eigenvalue weighted by Crippen LogP contribution is 2.26. The molecule has 5 nitrogen and oxygen atoms in total. The predicted octanol–water partition coefficient (Wildman–Crippen LogP) is 2.41. The summed E-state index contributed by atoms with van der Waals surface area (Å²) in [5, 5.41) is 6.74. The maximum absolute atomic E-state index is 5.94. The first kappa shape index (κ1) is 18.6. The minimum Gasteiger partial charge on any atom is -0.489 e. The second kappa shape index (κ2) is 8.92. The molecule has 2 atom stereocenters. The molecule has 24 heavy (non-hydrogen) atoms. The number of hydrogen-bond donors (Lipinski definition) is 2. The van der Waals surface area contributed by atoms with Crippen LogP contribution < -0.4 is 15.4 Å². The molecule has 1 aliphatic rings. The van der Waals surface area contributed by atoms with Gasteiger partial charge in [-0.05, 0) is 58.4 Å². The third-order valence-electron chi connectivity index (χ3n) is 4.49. The average Bonchev–Trinajstić information content (AvgIpc) is 3.39. The number of hydrogen-bond acceptors (Lipinski definition) is 3. The van der Waals surface area contributed by atoms with Gasteiger partial charge in [0, 0.05) is 25.7 Å². The number of aryl methyl sites for hydroxylation is 1. The third-order valence-corrected chi connectivity index (χ3v) is 4.49. The van der Waals surface area contributed by atoms with E-state index in [4.69, 9.17) is 4.74 Å². The fourth-order valence-corrected chi connectivity index (χ4v) is 2.65. The van der Waals surface area contributed by atoms with E-state index in [1.54, 1.807) is 7.05 Å². The molecule has 0 radical (unpaired) electrons. The first-order valence-electron chi connectivity index (χ1n) is 8.89. The molecule has 0 aromatic heterocycles. The molecule has 2 rings (SSSR count). The summed E-state index contributed by atoms with van der Waals surface area (Å²) >= 11 is 0. The van der Waals surface area contributed by atoms with Gasteiger partial charge < -0.3 is 15.4 Å². The summed E-state index contributed by atoms with van der Waals surface area (Å²) in [5.41, 5.74) is 1.21. The summed E-state index contributed by atoms with van der Waals surface area (Å²) in [7, 11) is 4.01. The zero-order valence-corrected chi connectivity index (χ0v) is 15.7. The molecule has 0 saturated heterocycles. The summed E-state index contributed by atoms with van der Waals surface area (Å²) in [5.74, 6) is 1.73. The maximum atomic E-state index is 5.94. The quantitative estimate of drug-likeness (QED) is 0.567. The molecule has 134 valence electrons. The lowest BCUT2D eigenvalue weighted by atomic mass is 10.2. The minimum atomic E-state index is 0.0666. The van der Waals surface area contributed by atoms with Crippen LogP contribution in [0.4, 0.5) is 0 Å². The van der Waals surface area contributed by atoms with Crippen molar-refractivity contribution < 1.29 is 4.74 Å². The van der Waals surface area contributed by atoms with E-state index in [2.05, 4.69) is 60.5 Å². The fraction of sp³-hybridized carbons (Fsp3) is 0.632. The normalized spacial score (nSPS) is 17.5. The zero-order chi connectivity index (χ0) is 17.5. The van der Waals surface area contributed by atoms with Crippen LogP contribution in [0.15, 0.2) is 29.3 Å². The summed E-state index contributed by atoms with van der Waals surface area (Å²) in [4.78, 5) is 6.74. The van der Waals surface area contributed by atoms with Crippen LogP contribution >= 0.6 is 0 Å². The molecule has 0 bridgehead atoms. The Labute approximate surface area is 146 Å². The van der Waals surface area contributed by atoms with Crippen LogP contribution in [0.5, 0.6) is 5.75 Å². The highest BCUT2D eigenvalue weighted by atomic mass is 16.5. The van der Waals surface area contributed by atoms with Crippen LogP contribution in [0.25, 0.3) is 0 Å². The van der Waals surface area contributed by atoms with Gasteiger partial charge in [0.05, 0.1) is 6.54 Å². The van der Waals surface area contributed by atoms with Gasteiger partial charge in [0.1, 0.15) is 11.9 Å². The highest BCUT2D eigenvalue weighted by molar-refractivity contribution is 5.79. The largest absolute Gasteiger partial charge is 0.489 e. The van der Waals surface area contributed by atoms with Gasteiger partial charge >= 0.3 is 0 Å². The van der Waals surface area contributed by atoms with E-state index >= 15 is 0 Å². The summed E-state index contributed by atoms with van der Waals surface area (Å²) < 4.78 is 5.94. The molecule has 1 aromatic rings. The lowest BCUT2D eigenvalue weighted by Gasteiger charge is -2.25. The molecule has 1 aromatic carbocycles. The number of rotatable bonds is 8. The van der Waals surface area contributed by atoms with Crippen molar-refractivity contribution in [3.63, 3.8) is 0 Å². The van der Waals surface area contributed by atoms with E-state index < -0.39 is 0 Å². The zero-order valence-electron chi connectivity index (χ0n) is 15.7. The molecule has 1 fully saturated rings. The molecule has 0 heterocycles. The van der Waals surface area contributed by atoms with Crippen molar-refractivity contribution in [2.75, 3.05) is 27.2 Å². The van der Waals surface area contributed by atoms with E-state index in [9.17, 15) is 0 Å². The Morgan fingerprint density at radius 3 is 2.62 bits per heavy atom. The van der Waals surface area contributed by atoms with E-state index in [-0.39, 0.29) is 6.10 Å². The molecular formula is C19H32N4O. The molecule has 1 aliphatic carbocycles. The standard InChI is InChI=1S/C19H32N4O/c1-14-7-6-8-18(11-14)24-16(3)13-22-19(20-4)21-12-15(2)23(5)17-9-10-17/h6-8,11,15-17H,9-10,12-13H2,1-5H3,(H2,20,21,22). The van der Waals surface area contributed by atoms with Gasteiger partial charge in [0.2, 0.25) is 0 Å². The van der Waals surface area contributed by atoms with Crippen LogP contribution in [0.3, 0.4) is 0 Å². The van der Waals surface area contributed by atoms with Crippen LogP contribution in [0, 0.1) is 6.92 Å². The van der Waals surface area contributed by atoms with Crippen molar-refractivity contribution in [1.82, 2.24) is 15.5 Å². The van der Waals surface area contributed by atoms with Gasteiger partial charge in [0.15, 0.2) is 5.96 Å². The number of ether oxygens (including phenoxy) is 1. The Morgan fingerprint density at radius 1 is 1.29 bits per heavy atom. The van der Waals surface area contributed by atoms with Gasteiger partial charge in [-0.15, -0.1) is 0 Å². The van der Waals surface area contributed by atoms with E-state index in [0.717, 1.165) is 24.3 Å². The van der Waals surface area contributed by atoms with E-state index in [0.29, 0.717) is 12.6 Å². The molecule has 0 spiro atoms. The summed E-state index contributed by atoms with van der Waals surface area (Å²) in [6.07, 6.45) is 2.74. The summed E-state index contributed by atoms with van der Waals surface area (Å²) in [6, 6.07) is 9.41. The number of benzene rings is 1. The van der Waals surface area contributed by atoms with Crippen molar-refractivity contribution in [1.29, 1.82) is 0 Å². The van der Waals surface area contributed by atoms with Crippen molar-refractivity contribution >= 4 is 5.96 Å². The molecule has 0 aliphatic heterocycles. The molecule has 0 amide bonds. The highest BCUT2D eigenvalue weighted by Gasteiger charge is 2.28. The number of aliphatic imine (C=N–C) groups is 1. The molecule has 2 unspecified atom stereocenters. The van der Waals surface area contributed by atoms with Crippen LogP contribution in [-0.2, 0) is 0 Å². The van der Waals surface area contributed by atoms with Crippen LogP contribution in [0.1, 0.15) is 32.3 Å². The Morgan fingerprint density at radius 2 is 2.00 bits per heavy atom. The third kappa shape index (κ3) is 6.04. The van der Waals surface area contributed by atoms with E-state index in [1.807, 2.05) is 12.1 Å². The Bertz CT molecular complexity index is 542. The number of nitrogens with zero attached hydrogens (tertiary/aromatic N) is 2. The molecule has 2 N–H and O–H groups in total. The second-order valence-electron chi connectivity index (χ2n) is 6.82. The molecule has 5 heteroatoms. The first-order valence-corrected chi connectivity index (χ1v) is 8.89. The number of guanidine groups is 1. The second-order valence-corrected chi connectivity index (χ2v) is 6.82.